The van der Waals surface area contributed by atoms with Crippen molar-refractivity contribution in [2.24, 2.45) is 0 Å². The van der Waals surface area contributed by atoms with E-state index in [1.54, 1.807) is 29.2 Å². The van der Waals surface area contributed by atoms with Crippen LogP contribution in [0.15, 0.2) is 29.2 Å². The molecule has 1 aromatic carbocycles. The minimum Gasteiger partial charge on any atom is -0.312 e. The molecular weight excluding hydrogens is 370 g/mol. The van der Waals surface area contributed by atoms with E-state index in [0.29, 0.717) is 18.1 Å². The van der Waals surface area contributed by atoms with Gasteiger partial charge in [0, 0.05) is 23.5 Å². The molecule has 0 saturated carbocycles. The summed E-state index contributed by atoms with van der Waals surface area (Å²) < 4.78 is 27.9. The summed E-state index contributed by atoms with van der Waals surface area (Å²) in [6.45, 7) is 0.688. The summed E-state index contributed by atoms with van der Waals surface area (Å²) in [5.41, 5.74) is 1.78. The first kappa shape index (κ1) is 17.5. The molecule has 0 spiro atoms. The summed E-state index contributed by atoms with van der Waals surface area (Å²) in [5, 5.41) is 0.440. The van der Waals surface area contributed by atoms with Crippen molar-refractivity contribution < 1.29 is 13.2 Å². The zero-order valence-corrected chi connectivity index (χ0v) is 16.0. The van der Waals surface area contributed by atoms with Gasteiger partial charge in [-0.25, -0.2) is 13.4 Å². The fourth-order valence-electron chi connectivity index (χ4n) is 3.47. The number of aromatic nitrogens is 1. The molecule has 0 radical (unpaired) electrons. The minimum absolute atomic E-state index is 0.0861. The lowest BCUT2D eigenvalue weighted by molar-refractivity contribution is -0.117. The van der Waals surface area contributed by atoms with Crippen molar-refractivity contribution in [3.05, 3.63) is 34.8 Å². The van der Waals surface area contributed by atoms with Gasteiger partial charge in [0.15, 0.2) is 5.13 Å². The van der Waals surface area contributed by atoms with E-state index in [4.69, 9.17) is 0 Å². The Bertz CT molecular complexity index is 896. The summed E-state index contributed by atoms with van der Waals surface area (Å²) >= 11 is 1.44. The molecule has 138 valence electrons. The summed E-state index contributed by atoms with van der Waals surface area (Å²) in [4.78, 5) is 19.4. The minimum atomic E-state index is -3.68. The molecule has 6 nitrogen and oxygen atoms in total. The molecule has 1 fully saturated rings. The summed E-state index contributed by atoms with van der Waals surface area (Å²) in [5.74, 6) is 0.0861. The molecule has 1 N–H and O–H groups in total. The lowest BCUT2D eigenvalue weighted by Crippen LogP contribution is -2.23. The summed E-state index contributed by atoms with van der Waals surface area (Å²) in [6, 6.07) is 6.47. The fourth-order valence-corrected chi connectivity index (χ4v) is 5.76. The third kappa shape index (κ3) is 3.48. The van der Waals surface area contributed by atoms with Crippen LogP contribution in [0.1, 0.15) is 42.7 Å². The largest absolute Gasteiger partial charge is 0.312 e. The monoisotopic (exact) mass is 391 g/mol. The van der Waals surface area contributed by atoms with Gasteiger partial charge >= 0.3 is 0 Å². The van der Waals surface area contributed by atoms with Crippen LogP contribution in [-0.2, 0) is 27.7 Å². The number of fused-ring (bicyclic) bond motifs is 1. The van der Waals surface area contributed by atoms with Gasteiger partial charge in [0.05, 0.1) is 10.6 Å². The van der Waals surface area contributed by atoms with Crippen molar-refractivity contribution in [2.75, 3.05) is 16.2 Å². The topological polar surface area (TPSA) is 79.4 Å². The van der Waals surface area contributed by atoms with E-state index >= 15 is 0 Å². The van der Waals surface area contributed by atoms with Gasteiger partial charge in [0.2, 0.25) is 5.91 Å². The average molecular weight is 392 g/mol. The number of carbonyl (C=O) groups excluding carboxylic acids is 1. The lowest BCUT2D eigenvalue weighted by Gasteiger charge is -2.16. The van der Waals surface area contributed by atoms with E-state index < -0.39 is 10.0 Å². The van der Waals surface area contributed by atoms with E-state index in [9.17, 15) is 13.2 Å². The number of benzene rings is 1. The predicted molar refractivity (Wildman–Crippen MR) is 102 cm³/mol. The zero-order chi connectivity index (χ0) is 18.1. The Kier molecular flexibility index (Phi) is 4.71. The van der Waals surface area contributed by atoms with E-state index in [1.807, 2.05) is 0 Å². The van der Waals surface area contributed by atoms with E-state index in [1.165, 1.54) is 22.6 Å². The number of hydrogen-bond donors (Lipinski definition) is 1. The molecule has 1 aromatic heterocycles. The average Bonchev–Trinajstić information content (AvgIpc) is 3.14. The van der Waals surface area contributed by atoms with Crippen LogP contribution in [0.3, 0.4) is 0 Å². The molecule has 1 aliphatic heterocycles. The maximum absolute atomic E-state index is 12.7. The van der Waals surface area contributed by atoms with Gasteiger partial charge in [-0.3, -0.25) is 9.52 Å². The second kappa shape index (κ2) is 7.00. The Morgan fingerprint density at radius 3 is 2.50 bits per heavy atom. The Morgan fingerprint density at radius 2 is 1.77 bits per heavy atom. The number of carbonyl (C=O) groups is 1. The maximum atomic E-state index is 12.7. The van der Waals surface area contributed by atoms with Gasteiger partial charge in [-0.15, -0.1) is 11.3 Å². The quantitative estimate of drug-likeness (QED) is 0.811. The Hall–Kier alpha value is -1.93. The molecule has 1 aliphatic carbocycles. The first-order valence-electron chi connectivity index (χ1n) is 8.95. The first-order valence-corrected chi connectivity index (χ1v) is 11.2. The van der Waals surface area contributed by atoms with Crippen molar-refractivity contribution in [1.29, 1.82) is 0 Å². The molecule has 8 heteroatoms. The molecule has 0 atom stereocenters. The number of hydrogen-bond acceptors (Lipinski definition) is 5. The van der Waals surface area contributed by atoms with Gasteiger partial charge in [0.1, 0.15) is 0 Å². The number of nitrogens with one attached hydrogen (secondary N) is 1. The van der Waals surface area contributed by atoms with Crippen molar-refractivity contribution in [2.45, 2.75) is 49.8 Å². The highest BCUT2D eigenvalue weighted by atomic mass is 32.2. The highest BCUT2D eigenvalue weighted by Crippen LogP contribution is 2.30. The Morgan fingerprint density at radius 1 is 1.00 bits per heavy atom. The molecule has 4 rings (SSSR count). The Balaban J connectivity index is 1.52. The van der Waals surface area contributed by atoms with Crippen LogP contribution in [-0.4, -0.2) is 25.9 Å². The van der Waals surface area contributed by atoms with Gasteiger partial charge in [-0.2, -0.15) is 0 Å². The standard InChI is InChI=1S/C18H21N3O3S2/c22-17-7-4-12-21(17)13-8-10-14(11-9-13)26(23,24)20-18-19-15-5-2-1-3-6-16(15)25-18/h8-11H,1-7,12H2,(H,19,20). The zero-order valence-electron chi connectivity index (χ0n) is 14.4. The second-order valence-electron chi connectivity index (χ2n) is 6.70. The van der Waals surface area contributed by atoms with Gasteiger partial charge in [0.25, 0.3) is 10.0 Å². The number of rotatable bonds is 4. The molecule has 1 saturated heterocycles. The predicted octanol–water partition coefficient (Wildman–Crippen LogP) is 3.34. The molecule has 2 aliphatic rings. The highest BCUT2D eigenvalue weighted by molar-refractivity contribution is 7.93. The molecule has 0 unspecified atom stereocenters. The van der Waals surface area contributed by atoms with E-state index in [-0.39, 0.29) is 10.8 Å². The summed E-state index contributed by atoms with van der Waals surface area (Å²) in [7, 11) is -3.68. The van der Waals surface area contributed by atoms with Crippen LogP contribution in [0, 0.1) is 0 Å². The van der Waals surface area contributed by atoms with Crippen molar-refractivity contribution in [3.63, 3.8) is 0 Å². The van der Waals surface area contributed by atoms with Crippen LogP contribution < -0.4 is 9.62 Å². The number of sulfonamides is 1. The number of anilines is 2. The molecule has 2 aromatic rings. The molecular formula is C18H21N3O3S2. The normalized spacial score (nSPS) is 17.8. The van der Waals surface area contributed by atoms with Crippen molar-refractivity contribution >= 4 is 38.1 Å². The third-order valence-electron chi connectivity index (χ3n) is 4.85. The van der Waals surface area contributed by atoms with Crippen molar-refractivity contribution in [3.8, 4) is 0 Å². The number of thiazole rings is 1. The van der Waals surface area contributed by atoms with Crippen LogP contribution >= 0.6 is 11.3 Å². The Labute approximate surface area is 157 Å². The number of aryl methyl sites for hydroxylation is 2. The summed E-state index contributed by atoms with van der Waals surface area (Å²) in [6.07, 6.45) is 6.75. The first-order chi connectivity index (χ1) is 12.5. The number of nitrogens with zero attached hydrogens (tertiary/aromatic N) is 2. The molecule has 1 amide bonds. The van der Waals surface area contributed by atoms with Gasteiger partial charge < -0.3 is 4.90 Å². The van der Waals surface area contributed by atoms with E-state index in [0.717, 1.165) is 43.5 Å². The number of amides is 1. The molecule has 0 bridgehead atoms. The smallest absolute Gasteiger partial charge is 0.263 e. The third-order valence-corrected chi connectivity index (χ3v) is 7.41. The lowest BCUT2D eigenvalue weighted by atomic mass is 10.2. The maximum Gasteiger partial charge on any atom is 0.263 e. The van der Waals surface area contributed by atoms with Gasteiger partial charge in [-0.1, -0.05) is 6.42 Å². The van der Waals surface area contributed by atoms with Crippen molar-refractivity contribution in [1.82, 2.24) is 4.98 Å². The van der Waals surface area contributed by atoms with E-state index in [2.05, 4.69) is 9.71 Å². The van der Waals surface area contributed by atoms with Crippen LogP contribution in [0.25, 0.3) is 0 Å². The SMILES string of the molecule is O=C1CCCN1c1ccc(S(=O)(=O)Nc2nc3c(s2)CCCCC3)cc1. The fraction of sp³-hybridized carbons (Fsp3) is 0.444. The van der Waals surface area contributed by atoms with Crippen LogP contribution in [0.5, 0.6) is 0 Å². The second-order valence-corrected chi connectivity index (χ2v) is 9.46. The van der Waals surface area contributed by atoms with Crippen LogP contribution in [0.4, 0.5) is 10.8 Å². The van der Waals surface area contributed by atoms with Crippen LogP contribution in [0.2, 0.25) is 0 Å². The highest BCUT2D eigenvalue weighted by Gasteiger charge is 2.23. The molecule has 26 heavy (non-hydrogen) atoms. The van der Waals surface area contributed by atoms with Gasteiger partial charge in [-0.05, 0) is 56.4 Å². The molecule has 2 heterocycles.